The van der Waals surface area contributed by atoms with E-state index in [0.29, 0.717) is 23.1 Å². The molecule has 0 aliphatic heterocycles. The summed E-state index contributed by atoms with van der Waals surface area (Å²) in [4.78, 5) is 36.5. The lowest BCUT2D eigenvalue weighted by Gasteiger charge is -2.21. The molecule has 2 aromatic rings. The zero-order valence-electron chi connectivity index (χ0n) is 16.5. The summed E-state index contributed by atoms with van der Waals surface area (Å²) in [5.41, 5.74) is 0.329. The van der Waals surface area contributed by atoms with Crippen LogP contribution in [0.15, 0.2) is 36.4 Å². The maximum absolute atomic E-state index is 12.5. The first-order valence-corrected chi connectivity index (χ1v) is 9.02. The minimum atomic E-state index is -0.789. The highest BCUT2D eigenvalue weighted by molar-refractivity contribution is 6.06. The molecule has 0 saturated carbocycles. The van der Waals surface area contributed by atoms with Crippen molar-refractivity contribution >= 4 is 28.6 Å². The average Bonchev–Trinajstić information content (AvgIpc) is 2.73. The lowest BCUT2D eigenvalue weighted by atomic mass is 9.99. The van der Waals surface area contributed by atoms with Crippen molar-refractivity contribution in [2.24, 2.45) is 5.92 Å². The SMILES string of the molecule is CC[C@@H](C)[C@H](NC(=O)COC(=O)c1ccc(OC)c2ccccc12)C(=O)OC. The Hall–Kier alpha value is -3.09. The molecular weight excluding hydrogens is 362 g/mol. The summed E-state index contributed by atoms with van der Waals surface area (Å²) >= 11 is 0. The van der Waals surface area contributed by atoms with Gasteiger partial charge in [-0.2, -0.15) is 0 Å². The van der Waals surface area contributed by atoms with E-state index in [1.165, 1.54) is 7.11 Å². The van der Waals surface area contributed by atoms with E-state index in [4.69, 9.17) is 14.2 Å². The summed E-state index contributed by atoms with van der Waals surface area (Å²) in [6.45, 7) is 3.24. The second-order valence-electron chi connectivity index (χ2n) is 6.39. The predicted molar refractivity (Wildman–Crippen MR) is 104 cm³/mol. The smallest absolute Gasteiger partial charge is 0.339 e. The molecule has 0 aliphatic carbocycles. The third kappa shape index (κ3) is 4.79. The standard InChI is InChI=1S/C21H25NO6/c1-5-13(2)19(21(25)27-4)22-18(23)12-28-20(24)16-10-11-17(26-3)15-9-7-6-8-14(15)16/h6-11,13,19H,5,12H2,1-4H3,(H,22,23)/t13-,19+/m1/s1. The van der Waals surface area contributed by atoms with Crippen LogP contribution < -0.4 is 10.1 Å². The normalized spacial score (nSPS) is 12.7. The van der Waals surface area contributed by atoms with Gasteiger partial charge in [0, 0.05) is 5.39 Å². The van der Waals surface area contributed by atoms with Crippen LogP contribution in [0.3, 0.4) is 0 Å². The lowest BCUT2D eigenvalue weighted by Crippen LogP contribution is -2.47. The Balaban J connectivity index is 2.09. The molecule has 2 atom stereocenters. The van der Waals surface area contributed by atoms with Gasteiger partial charge in [0.1, 0.15) is 11.8 Å². The van der Waals surface area contributed by atoms with E-state index in [1.54, 1.807) is 31.4 Å². The van der Waals surface area contributed by atoms with Crippen LogP contribution in [-0.4, -0.2) is 44.7 Å². The minimum Gasteiger partial charge on any atom is -0.496 e. The van der Waals surface area contributed by atoms with Crippen LogP contribution in [0.2, 0.25) is 0 Å². The van der Waals surface area contributed by atoms with Gasteiger partial charge in [0.05, 0.1) is 19.8 Å². The summed E-state index contributed by atoms with van der Waals surface area (Å²) in [5, 5.41) is 4.01. The number of hydrogen-bond donors (Lipinski definition) is 1. The van der Waals surface area contributed by atoms with Crippen LogP contribution >= 0.6 is 0 Å². The Morgan fingerprint density at radius 2 is 1.71 bits per heavy atom. The lowest BCUT2D eigenvalue weighted by molar-refractivity contribution is -0.147. The fourth-order valence-corrected chi connectivity index (χ4v) is 2.85. The molecule has 7 heteroatoms. The molecule has 2 rings (SSSR count). The van der Waals surface area contributed by atoms with Crippen molar-refractivity contribution in [3.8, 4) is 5.75 Å². The van der Waals surface area contributed by atoms with E-state index < -0.39 is 30.5 Å². The first-order valence-electron chi connectivity index (χ1n) is 9.02. The van der Waals surface area contributed by atoms with Gasteiger partial charge in [0.2, 0.25) is 0 Å². The summed E-state index contributed by atoms with van der Waals surface area (Å²) in [7, 11) is 2.82. The summed E-state index contributed by atoms with van der Waals surface area (Å²) < 4.78 is 15.2. The van der Waals surface area contributed by atoms with Crippen LogP contribution in [0, 0.1) is 5.92 Å². The highest BCUT2D eigenvalue weighted by Gasteiger charge is 2.27. The molecule has 0 bridgehead atoms. The van der Waals surface area contributed by atoms with Crippen molar-refractivity contribution in [2.75, 3.05) is 20.8 Å². The van der Waals surface area contributed by atoms with E-state index in [9.17, 15) is 14.4 Å². The number of benzene rings is 2. The number of methoxy groups -OCH3 is 2. The number of carbonyl (C=O) groups excluding carboxylic acids is 3. The largest absolute Gasteiger partial charge is 0.496 e. The molecule has 150 valence electrons. The van der Waals surface area contributed by atoms with Crippen molar-refractivity contribution < 1.29 is 28.6 Å². The Morgan fingerprint density at radius 3 is 2.32 bits per heavy atom. The molecule has 0 saturated heterocycles. The van der Waals surface area contributed by atoms with Crippen molar-refractivity contribution in [1.82, 2.24) is 5.32 Å². The van der Waals surface area contributed by atoms with E-state index in [1.807, 2.05) is 26.0 Å². The van der Waals surface area contributed by atoms with Gasteiger partial charge in [-0.15, -0.1) is 0 Å². The number of carbonyl (C=O) groups is 3. The highest BCUT2D eigenvalue weighted by atomic mass is 16.5. The fourth-order valence-electron chi connectivity index (χ4n) is 2.85. The maximum atomic E-state index is 12.5. The van der Waals surface area contributed by atoms with E-state index in [-0.39, 0.29) is 5.92 Å². The van der Waals surface area contributed by atoms with Gasteiger partial charge in [0.15, 0.2) is 6.61 Å². The number of nitrogens with one attached hydrogen (secondary N) is 1. The highest BCUT2D eigenvalue weighted by Crippen LogP contribution is 2.28. The monoisotopic (exact) mass is 387 g/mol. The summed E-state index contributed by atoms with van der Waals surface area (Å²) in [6, 6.07) is 9.75. The van der Waals surface area contributed by atoms with Gasteiger partial charge in [-0.05, 0) is 23.4 Å². The van der Waals surface area contributed by atoms with E-state index in [2.05, 4.69) is 5.32 Å². The third-order valence-electron chi connectivity index (χ3n) is 4.64. The minimum absolute atomic E-state index is 0.113. The first kappa shape index (κ1) is 21.2. The first-order chi connectivity index (χ1) is 13.4. The van der Waals surface area contributed by atoms with Crippen LogP contribution in [0.25, 0.3) is 10.8 Å². The van der Waals surface area contributed by atoms with Crippen LogP contribution in [0.5, 0.6) is 5.75 Å². The zero-order valence-corrected chi connectivity index (χ0v) is 16.5. The Labute approximate surface area is 164 Å². The topological polar surface area (TPSA) is 90.9 Å². The van der Waals surface area contributed by atoms with Gasteiger partial charge in [-0.25, -0.2) is 9.59 Å². The van der Waals surface area contributed by atoms with Crippen molar-refractivity contribution in [3.63, 3.8) is 0 Å². The number of rotatable bonds is 8. The number of ether oxygens (including phenoxy) is 3. The summed E-state index contributed by atoms with van der Waals surface area (Å²) in [6.07, 6.45) is 0.678. The predicted octanol–water partition coefficient (Wildman–Crippen LogP) is 2.71. The van der Waals surface area contributed by atoms with Crippen molar-refractivity contribution in [3.05, 3.63) is 42.0 Å². The van der Waals surface area contributed by atoms with Gasteiger partial charge in [0.25, 0.3) is 5.91 Å². The molecule has 0 radical (unpaired) electrons. The number of amides is 1. The molecule has 28 heavy (non-hydrogen) atoms. The molecule has 0 aliphatic rings. The Bertz CT molecular complexity index is 863. The quantitative estimate of drug-likeness (QED) is 0.701. The molecule has 0 unspecified atom stereocenters. The molecule has 2 aromatic carbocycles. The fraction of sp³-hybridized carbons (Fsp3) is 0.381. The molecule has 0 fully saturated rings. The number of hydrogen-bond acceptors (Lipinski definition) is 6. The molecule has 1 amide bonds. The van der Waals surface area contributed by atoms with Crippen LogP contribution in [0.1, 0.15) is 30.6 Å². The van der Waals surface area contributed by atoms with E-state index >= 15 is 0 Å². The number of fused-ring (bicyclic) bond motifs is 1. The number of esters is 2. The van der Waals surface area contributed by atoms with Crippen molar-refractivity contribution in [1.29, 1.82) is 0 Å². The molecule has 0 aromatic heterocycles. The van der Waals surface area contributed by atoms with Gasteiger partial charge >= 0.3 is 11.9 Å². The second-order valence-corrected chi connectivity index (χ2v) is 6.39. The summed E-state index contributed by atoms with van der Waals surface area (Å²) in [5.74, 6) is -1.21. The second kappa shape index (κ2) is 9.73. The third-order valence-corrected chi connectivity index (χ3v) is 4.64. The molecular formula is C21H25NO6. The molecule has 0 spiro atoms. The average molecular weight is 387 g/mol. The molecule has 7 nitrogen and oxygen atoms in total. The van der Waals surface area contributed by atoms with Crippen LogP contribution in [0.4, 0.5) is 0 Å². The molecule has 1 N–H and O–H groups in total. The van der Waals surface area contributed by atoms with E-state index in [0.717, 1.165) is 5.39 Å². The Morgan fingerprint density at radius 1 is 1.04 bits per heavy atom. The molecule has 0 heterocycles. The maximum Gasteiger partial charge on any atom is 0.339 e. The van der Waals surface area contributed by atoms with Gasteiger partial charge in [-0.1, -0.05) is 44.5 Å². The van der Waals surface area contributed by atoms with Crippen molar-refractivity contribution in [2.45, 2.75) is 26.3 Å². The zero-order chi connectivity index (χ0) is 20.7. The Kier molecular flexibility index (Phi) is 7.37. The van der Waals surface area contributed by atoms with Gasteiger partial charge in [-0.3, -0.25) is 4.79 Å². The van der Waals surface area contributed by atoms with Crippen LogP contribution in [-0.2, 0) is 19.1 Å². The van der Waals surface area contributed by atoms with Gasteiger partial charge < -0.3 is 19.5 Å².